The first-order valence-electron chi connectivity index (χ1n) is 9.18. The van der Waals surface area contributed by atoms with Crippen LogP contribution in [-0.4, -0.2) is 17.5 Å². The van der Waals surface area contributed by atoms with E-state index >= 15 is 0 Å². The first kappa shape index (κ1) is 14.9. The van der Waals surface area contributed by atoms with E-state index in [0.29, 0.717) is 30.0 Å². The fraction of sp³-hybridized carbons (Fsp3) is 0.850. The van der Waals surface area contributed by atoms with E-state index in [1.807, 2.05) is 0 Å². The molecule has 22 heavy (non-hydrogen) atoms. The van der Waals surface area contributed by atoms with Crippen molar-refractivity contribution in [3.05, 3.63) is 12.2 Å². The highest BCUT2D eigenvalue weighted by atomic mass is 16.3. The summed E-state index contributed by atoms with van der Waals surface area (Å²) in [6.07, 6.45) is 8.68. The molecule has 0 amide bonds. The van der Waals surface area contributed by atoms with Gasteiger partial charge in [-0.3, -0.25) is 4.79 Å². The van der Waals surface area contributed by atoms with E-state index in [-0.39, 0.29) is 22.9 Å². The van der Waals surface area contributed by atoms with Crippen molar-refractivity contribution in [1.82, 2.24) is 0 Å². The lowest BCUT2D eigenvalue weighted by Gasteiger charge is -2.63. The summed E-state index contributed by atoms with van der Waals surface area (Å²) < 4.78 is 0. The number of Topliss-reactive ketones (excluding diaryl/α,β-unsaturated/α-hetero) is 1. The Labute approximate surface area is 134 Å². The van der Waals surface area contributed by atoms with Crippen LogP contribution in [-0.2, 0) is 4.79 Å². The normalized spacial score (nSPS) is 54.0. The van der Waals surface area contributed by atoms with Gasteiger partial charge in [0.15, 0.2) is 0 Å². The second-order valence-corrected chi connectivity index (χ2v) is 9.37. The Kier molecular flexibility index (Phi) is 3.03. The first-order valence-corrected chi connectivity index (χ1v) is 9.18. The largest absolute Gasteiger partial charge is 0.396 e. The third kappa shape index (κ3) is 1.63. The van der Waals surface area contributed by atoms with Gasteiger partial charge in [0, 0.05) is 18.4 Å². The minimum absolute atomic E-state index is 0.0588. The van der Waals surface area contributed by atoms with Gasteiger partial charge < -0.3 is 5.11 Å². The first-order chi connectivity index (χ1) is 10.4. The number of hydrogen-bond acceptors (Lipinski definition) is 2. The van der Waals surface area contributed by atoms with Crippen LogP contribution in [0.4, 0.5) is 0 Å². The summed E-state index contributed by atoms with van der Waals surface area (Å²) in [6.45, 7) is 9.20. The Morgan fingerprint density at radius 2 is 2.00 bits per heavy atom. The molecule has 2 heteroatoms. The lowest BCUT2D eigenvalue weighted by molar-refractivity contribution is -0.175. The molecule has 0 aromatic rings. The molecule has 1 N–H and O–H groups in total. The molecule has 4 saturated carbocycles. The van der Waals surface area contributed by atoms with Crippen molar-refractivity contribution < 1.29 is 9.90 Å². The summed E-state index contributed by atoms with van der Waals surface area (Å²) in [7, 11) is 0. The molecule has 4 fully saturated rings. The molecular weight excluding hydrogens is 272 g/mol. The molecule has 4 rings (SSSR count). The van der Waals surface area contributed by atoms with Crippen LogP contribution < -0.4 is 0 Å². The molecule has 6 atom stereocenters. The van der Waals surface area contributed by atoms with Gasteiger partial charge in [-0.2, -0.15) is 0 Å². The van der Waals surface area contributed by atoms with Crippen LogP contribution in [0.5, 0.6) is 0 Å². The van der Waals surface area contributed by atoms with Crippen LogP contribution in [0.1, 0.15) is 65.2 Å². The molecule has 0 radical (unpaired) electrons. The molecule has 4 aliphatic carbocycles. The summed E-state index contributed by atoms with van der Waals surface area (Å²) >= 11 is 0. The molecule has 0 heterocycles. The van der Waals surface area contributed by atoms with Crippen molar-refractivity contribution in [3.63, 3.8) is 0 Å². The number of allylic oxidation sites excluding steroid dienone is 1. The lowest BCUT2D eigenvalue weighted by Crippen LogP contribution is -2.60. The van der Waals surface area contributed by atoms with E-state index < -0.39 is 0 Å². The minimum Gasteiger partial charge on any atom is -0.396 e. The van der Waals surface area contributed by atoms with Gasteiger partial charge in [0.1, 0.15) is 5.78 Å². The van der Waals surface area contributed by atoms with Crippen molar-refractivity contribution in [1.29, 1.82) is 0 Å². The third-order valence-electron chi connectivity index (χ3n) is 8.40. The Morgan fingerprint density at radius 1 is 1.23 bits per heavy atom. The maximum atomic E-state index is 13.2. The molecule has 0 saturated heterocycles. The standard InChI is InChI=1S/C20H30O2/c1-13-10-20-11-14(13)5-6-15(20)19(3)8-4-7-18(2,12-21)16(19)9-17(20)22/h14-16,21H,1,4-12H2,2-3H3/t14-,15+,16-,18-,19+,20+/m1/s1. The predicted octanol–water partition coefficient (Wildman–Crippen LogP) is 4.13. The van der Waals surface area contributed by atoms with Crippen molar-refractivity contribution in [2.75, 3.05) is 6.61 Å². The van der Waals surface area contributed by atoms with Crippen LogP contribution in [0, 0.1) is 34.0 Å². The topological polar surface area (TPSA) is 37.3 Å². The van der Waals surface area contributed by atoms with Crippen molar-refractivity contribution >= 4 is 5.78 Å². The number of hydrogen-bond donors (Lipinski definition) is 1. The van der Waals surface area contributed by atoms with Crippen LogP contribution in [0.2, 0.25) is 0 Å². The van der Waals surface area contributed by atoms with E-state index in [9.17, 15) is 9.90 Å². The summed E-state index contributed by atoms with van der Waals surface area (Å²) in [6, 6.07) is 0. The molecule has 0 aromatic carbocycles. The van der Waals surface area contributed by atoms with Gasteiger partial charge in [-0.25, -0.2) is 0 Å². The van der Waals surface area contributed by atoms with E-state index in [0.717, 1.165) is 19.3 Å². The number of aliphatic hydroxyl groups is 1. The maximum Gasteiger partial charge on any atom is 0.139 e. The van der Waals surface area contributed by atoms with Crippen LogP contribution in [0.15, 0.2) is 12.2 Å². The molecule has 2 nitrogen and oxygen atoms in total. The molecule has 0 aromatic heterocycles. The van der Waals surface area contributed by atoms with Gasteiger partial charge >= 0.3 is 0 Å². The van der Waals surface area contributed by atoms with Gasteiger partial charge in [-0.1, -0.05) is 32.4 Å². The Bertz CT molecular complexity index is 538. The monoisotopic (exact) mass is 302 g/mol. The van der Waals surface area contributed by atoms with E-state index in [4.69, 9.17) is 0 Å². The summed E-state index contributed by atoms with van der Waals surface area (Å²) in [4.78, 5) is 13.2. The maximum absolute atomic E-state index is 13.2. The van der Waals surface area contributed by atoms with Crippen LogP contribution in [0.25, 0.3) is 0 Å². The van der Waals surface area contributed by atoms with Crippen molar-refractivity contribution in [2.24, 2.45) is 34.0 Å². The zero-order valence-corrected chi connectivity index (χ0v) is 14.2. The minimum atomic E-state index is -0.0844. The fourth-order valence-corrected chi connectivity index (χ4v) is 7.28. The molecule has 4 aliphatic rings. The average Bonchev–Trinajstić information content (AvgIpc) is 2.73. The zero-order chi connectivity index (χ0) is 15.8. The van der Waals surface area contributed by atoms with Gasteiger partial charge in [0.05, 0.1) is 0 Å². The lowest BCUT2D eigenvalue weighted by atomic mass is 9.40. The quantitative estimate of drug-likeness (QED) is 0.740. The number of carbonyl (C=O) groups excluding carboxylic acids is 1. The molecular formula is C20H30O2. The summed E-state index contributed by atoms with van der Waals surface area (Å²) in [5.41, 5.74) is 1.44. The van der Waals surface area contributed by atoms with E-state index in [2.05, 4.69) is 20.4 Å². The number of fused-ring (bicyclic) bond motifs is 3. The molecule has 0 unspecified atom stereocenters. The average molecular weight is 302 g/mol. The van der Waals surface area contributed by atoms with Gasteiger partial charge in [-0.15, -0.1) is 0 Å². The highest BCUT2D eigenvalue weighted by Crippen LogP contribution is 2.70. The highest BCUT2D eigenvalue weighted by Gasteiger charge is 2.66. The smallest absolute Gasteiger partial charge is 0.139 e. The second-order valence-electron chi connectivity index (χ2n) is 9.37. The van der Waals surface area contributed by atoms with Crippen LogP contribution >= 0.6 is 0 Å². The van der Waals surface area contributed by atoms with Crippen molar-refractivity contribution in [2.45, 2.75) is 65.2 Å². The van der Waals surface area contributed by atoms with Gasteiger partial charge in [0.2, 0.25) is 0 Å². The third-order valence-corrected chi connectivity index (χ3v) is 8.40. The number of rotatable bonds is 1. The predicted molar refractivity (Wildman–Crippen MR) is 87.3 cm³/mol. The summed E-state index contributed by atoms with van der Waals surface area (Å²) in [5, 5.41) is 10.0. The fourth-order valence-electron chi connectivity index (χ4n) is 7.28. The van der Waals surface area contributed by atoms with Crippen molar-refractivity contribution in [3.8, 4) is 0 Å². The SMILES string of the molecule is C=C1C[C@]23C[C@H]1CC[C@H]2[C@]1(C)CCC[C@](C)(CO)[C@H]1CC3=O. The Balaban J connectivity index is 1.80. The molecule has 2 bridgehead atoms. The molecule has 0 aliphatic heterocycles. The molecule has 1 spiro atoms. The number of carbonyl (C=O) groups is 1. The van der Waals surface area contributed by atoms with Gasteiger partial charge in [-0.05, 0) is 67.1 Å². The number of aliphatic hydroxyl groups excluding tert-OH is 1. The second kappa shape index (κ2) is 4.47. The Morgan fingerprint density at radius 3 is 2.73 bits per heavy atom. The van der Waals surface area contributed by atoms with Crippen LogP contribution in [0.3, 0.4) is 0 Å². The Hall–Kier alpha value is -0.630. The highest BCUT2D eigenvalue weighted by molar-refractivity contribution is 5.88. The van der Waals surface area contributed by atoms with Gasteiger partial charge in [0.25, 0.3) is 0 Å². The van der Waals surface area contributed by atoms with E-state index in [1.54, 1.807) is 0 Å². The summed E-state index contributed by atoms with van der Waals surface area (Å²) in [5.74, 6) is 2.00. The van der Waals surface area contributed by atoms with E-state index in [1.165, 1.54) is 31.3 Å². The zero-order valence-electron chi connectivity index (χ0n) is 14.2. The number of ketones is 1. The molecule has 122 valence electrons.